The first-order chi connectivity index (χ1) is 8.74. The third kappa shape index (κ3) is 2.24. The predicted octanol–water partition coefficient (Wildman–Crippen LogP) is 1.80. The van der Waals surface area contributed by atoms with E-state index in [4.69, 9.17) is 0 Å². The number of nitrogens with zero attached hydrogens (tertiary/aromatic N) is 3. The highest BCUT2D eigenvalue weighted by Gasteiger charge is 2.21. The van der Waals surface area contributed by atoms with Crippen LogP contribution in [0.15, 0.2) is 24.4 Å². The fourth-order valence-electron chi connectivity index (χ4n) is 1.76. The van der Waals surface area contributed by atoms with Gasteiger partial charge in [-0.15, -0.1) is 5.10 Å². The highest BCUT2D eigenvalue weighted by atomic mass is 19.1. The predicted molar refractivity (Wildman–Crippen MR) is 61.1 cm³/mol. The lowest BCUT2D eigenvalue weighted by Gasteiger charge is -2.07. The van der Waals surface area contributed by atoms with Gasteiger partial charge in [-0.1, -0.05) is 5.21 Å². The number of aromatic nitrogens is 3. The average molecular weight is 250 g/mol. The van der Waals surface area contributed by atoms with E-state index in [9.17, 15) is 8.78 Å². The van der Waals surface area contributed by atoms with Gasteiger partial charge < -0.3 is 5.32 Å². The van der Waals surface area contributed by atoms with Gasteiger partial charge in [0.25, 0.3) is 0 Å². The van der Waals surface area contributed by atoms with Crippen molar-refractivity contribution in [2.24, 2.45) is 0 Å². The van der Waals surface area contributed by atoms with Gasteiger partial charge in [0, 0.05) is 18.7 Å². The molecule has 94 valence electrons. The highest BCUT2D eigenvalue weighted by Crippen LogP contribution is 2.20. The van der Waals surface area contributed by atoms with Gasteiger partial charge in [-0.2, -0.15) is 0 Å². The molecule has 1 fully saturated rings. The molecule has 0 radical (unpaired) electrons. The SMILES string of the molecule is Fc1ccc(F)c(-n2nncc2CNC2CC2)c1. The van der Waals surface area contributed by atoms with Crippen LogP contribution in [0.2, 0.25) is 0 Å². The minimum Gasteiger partial charge on any atom is -0.308 e. The smallest absolute Gasteiger partial charge is 0.149 e. The molecule has 0 unspecified atom stereocenters. The summed E-state index contributed by atoms with van der Waals surface area (Å²) in [6, 6.07) is 3.82. The monoisotopic (exact) mass is 250 g/mol. The van der Waals surface area contributed by atoms with Crippen molar-refractivity contribution < 1.29 is 8.78 Å². The van der Waals surface area contributed by atoms with E-state index >= 15 is 0 Å². The van der Waals surface area contributed by atoms with E-state index in [1.807, 2.05) is 0 Å². The van der Waals surface area contributed by atoms with Crippen molar-refractivity contribution in [3.05, 3.63) is 41.7 Å². The molecule has 1 aliphatic carbocycles. The maximum absolute atomic E-state index is 13.6. The number of nitrogens with one attached hydrogen (secondary N) is 1. The van der Waals surface area contributed by atoms with Crippen LogP contribution in [0.5, 0.6) is 0 Å². The molecule has 0 spiro atoms. The van der Waals surface area contributed by atoms with E-state index in [1.165, 1.54) is 4.68 Å². The molecule has 3 rings (SSSR count). The Labute approximate surface area is 103 Å². The fraction of sp³-hybridized carbons (Fsp3) is 0.333. The molecule has 18 heavy (non-hydrogen) atoms. The summed E-state index contributed by atoms with van der Waals surface area (Å²) < 4.78 is 28.1. The number of halogens is 2. The molecular weight excluding hydrogens is 238 g/mol. The first-order valence-corrected chi connectivity index (χ1v) is 5.82. The molecule has 1 aromatic heterocycles. The molecular formula is C12H12F2N4. The van der Waals surface area contributed by atoms with Gasteiger partial charge >= 0.3 is 0 Å². The van der Waals surface area contributed by atoms with Crippen LogP contribution in [0.4, 0.5) is 8.78 Å². The Hall–Kier alpha value is -1.82. The zero-order valence-electron chi connectivity index (χ0n) is 9.61. The van der Waals surface area contributed by atoms with E-state index in [1.54, 1.807) is 6.20 Å². The molecule has 1 saturated carbocycles. The summed E-state index contributed by atoms with van der Waals surface area (Å²) in [5.74, 6) is -1.02. The van der Waals surface area contributed by atoms with Crippen molar-refractivity contribution in [3.63, 3.8) is 0 Å². The number of rotatable bonds is 4. The molecule has 0 amide bonds. The van der Waals surface area contributed by atoms with Gasteiger partial charge in [-0.25, -0.2) is 13.5 Å². The minimum atomic E-state index is -0.519. The van der Waals surface area contributed by atoms with Crippen molar-refractivity contribution in [3.8, 4) is 5.69 Å². The second-order valence-electron chi connectivity index (χ2n) is 4.39. The first kappa shape index (κ1) is 11.3. The lowest BCUT2D eigenvalue weighted by Crippen LogP contribution is -2.18. The van der Waals surface area contributed by atoms with Crippen LogP contribution < -0.4 is 5.32 Å². The molecule has 0 saturated heterocycles. The molecule has 1 aromatic carbocycles. The largest absolute Gasteiger partial charge is 0.308 e. The van der Waals surface area contributed by atoms with E-state index in [0.29, 0.717) is 18.3 Å². The van der Waals surface area contributed by atoms with Gasteiger partial charge in [0.2, 0.25) is 0 Å². The summed E-state index contributed by atoms with van der Waals surface area (Å²) in [7, 11) is 0. The molecule has 6 heteroatoms. The Morgan fingerprint density at radius 3 is 2.94 bits per heavy atom. The van der Waals surface area contributed by atoms with Crippen LogP contribution >= 0.6 is 0 Å². The summed E-state index contributed by atoms with van der Waals surface area (Å²) in [6.07, 6.45) is 3.88. The summed E-state index contributed by atoms with van der Waals surface area (Å²) >= 11 is 0. The van der Waals surface area contributed by atoms with Crippen molar-refractivity contribution in [2.75, 3.05) is 0 Å². The van der Waals surface area contributed by atoms with E-state index < -0.39 is 11.6 Å². The van der Waals surface area contributed by atoms with Gasteiger partial charge in [0.15, 0.2) is 0 Å². The molecule has 2 aromatic rings. The van der Waals surface area contributed by atoms with E-state index in [-0.39, 0.29) is 5.69 Å². The quantitative estimate of drug-likeness (QED) is 0.899. The van der Waals surface area contributed by atoms with Crippen molar-refractivity contribution in [1.82, 2.24) is 20.3 Å². The van der Waals surface area contributed by atoms with Crippen molar-refractivity contribution >= 4 is 0 Å². The lowest BCUT2D eigenvalue weighted by atomic mass is 10.3. The topological polar surface area (TPSA) is 42.7 Å². The Kier molecular flexibility index (Phi) is 2.79. The minimum absolute atomic E-state index is 0.0834. The standard InChI is InChI=1S/C12H12F2N4/c13-8-1-4-11(14)12(5-8)18-10(7-16-17-18)6-15-9-2-3-9/h1,4-5,7,9,15H,2-3,6H2. The van der Waals surface area contributed by atoms with Crippen molar-refractivity contribution in [2.45, 2.75) is 25.4 Å². The average Bonchev–Trinajstić information content (AvgIpc) is 3.08. The molecule has 1 N–H and O–H groups in total. The van der Waals surface area contributed by atoms with Gasteiger partial charge in [0.05, 0.1) is 11.9 Å². The van der Waals surface area contributed by atoms with Gasteiger partial charge in [-0.05, 0) is 25.0 Å². The van der Waals surface area contributed by atoms with Crippen LogP contribution in [-0.4, -0.2) is 21.0 Å². The maximum Gasteiger partial charge on any atom is 0.149 e. The van der Waals surface area contributed by atoms with Crippen LogP contribution in [0.3, 0.4) is 0 Å². The molecule has 4 nitrogen and oxygen atoms in total. The Morgan fingerprint density at radius 2 is 2.17 bits per heavy atom. The molecule has 0 aliphatic heterocycles. The van der Waals surface area contributed by atoms with Gasteiger partial charge in [0.1, 0.15) is 17.3 Å². The second-order valence-corrected chi connectivity index (χ2v) is 4.39. The molecule has 1 aliphatic rings. The van der Waals surface area contributed by atoms with Gasteiger partial charge in [-0.3, -0.25) is 0 Å². The second kappa shape index (κ2) is 4.45. The summed E-state index contributed by atoms with van der Waals surface area (Å²) in [5, 5.41) is 10.8. The summed E-state index contributed by atoms with van der Waals surface area (Å²) in [5.41, 5.74) is 0.798. The van der Waals surface area contributed by atoms with Crippen LogP contribution in [-0.2, 0) is 6.54 Å². The molecule has 1 heterocycles. The number of benzene rings is 1. The van der Waals surface area contributed by atoms with Crippen LogP contribution in [0.25, 0.3) is 5.69 Å². The zero-order valence-corrected chi connectivity index (χ0v) is 9.61. The Morgan fingerprint density at radius 1 is 1.33 bits per heavy atom. The fourth-order valence-corrected chi connectivity index (χ4v) is 1.76. The summed E-state index contributed by atoms with van der Waals surface area (Å²) in [4.78, 5) is 0. The Bertz CT molecular complexity index is 563. The van der Waals surface area contributed by atoms with Crippen molar-refractivity contribution in [1.29, 1.82) is 0 Å². The molecule has 0 atom stereocenters. The van der Waals surface area contributed by atoms with Crippen LogP contribution in [0, 0.1) is 11.6 Å². The third-order valence-electron chi connectivity index (χ3n) is 2.91. The third-order valence-corrected chi connectivity index (χ3v) is 2.91. The highest BCUT2D eigenvalue weighted by molar-refractivity contribution is 5.34. The van der Waals surface area contributed by atoms with Crippen LogP contribution in [0.1, 0.15) is 18.5 Å². The normalized spacial score (nSPS) is 15.0. The zero-order chi connectivity index (χ0) is 12.5. The number of hydrogen-bond donors (Lipinski definition) is 1. The Balaban J connectivity index is 1.90. The van der Waals surface area contributed by atoms with E-state index in [0.717, 1.165) is 31.0 Å². The number of hydrogen-bond acceptors (Lipinski definition) is 3. The summed E-state index contributed by atoms with van der Waals surface area (Å²) in [6.45, 7) is 0.549. The first-order valence-electron chi connectivity index (χ1n) is 5.82. The van der Waals surface area contributed by atoms with E-state index in [2.05, 4.69) is 15.6 Å². The maximum atomic E-state index is 13.6. The lowest BCUT2D eigenvalue weighted by molar-refractivity contribution is 0.574. The molecule has 0 bridgehead atoms.